The monoisotopic (exact) mass is 560 g/mol. The lowest BCUT2D eigenvalue weighted by Crippen LogP contribution is -2.46. The highest BCUT2D eigenvalue weighted by Crippen LogP contribution is 2.39. The average Bonchev–Trinajstić information content (AvgIpc) is 3.47. The molecule has 10 heteroatoms. The van der Waals surface area contributed by atoms with Crippen LogP contribution in [0.2, 0.25) is 0 Å². The molecule has 0 atom stereocenters. The van der Waals surface area contributed by atoms with Crippen molar-refractivity contribution in [2.24, 2.45) is 0 Å². The van der Waals surface area contributed by atoms with Gasteiger partial charge in [0.1, 0.15) is 17.9 Å². The third-order valence-electron chi connectivity index (χ3n) is 7.40. The van der Waals surface area contributed by atoms with Gasteiger partial charge in [-0.1, -0.05) is 30.8 Å². The SMILES string of the molecule is C=CC(=O)Nc1cc(Nc2cc(-c3c[nH]c4ccccc34)ncn2)c(OC)cc1N1CCN(Cc2cccnc2)CC1. The highest BCUT2D eigenvalue weighted by Gasteiger charge is 2.22. The molecule has 0 aliphatic carbocycles. The van der Waals surface area contributed by atoms with Crippen molar-refractivity contribution in [2.45, 2.75) is 6.54 Å². The van der Waals surface area contributed by atoms with E-state index in [1.165, 1.54) is 18.0 Å². The molecule has 1 fully saturated rings. The largest absolute Gasteiger partial charge is 0.494 e. The number of piperazine rings is 1. The van der Waals surface area contributed by atoms with Crippen molar-refractivity contribution in [3.63, 3.8) is 0 Å². The number of methoxy groups -OCH3 is 1. The number of carbonyl (C=O) groups excluding carboxylic acids is 1. The number of nitrogens with zero attached hydrogens (tertiary/aromatic N) is 5. The lowest BCUT2D eigenvalue weighted by molar-refractivity contribution is -0.111. The van der Waals surface area contributed by atoms with Gasteiger partial charge in [-0.05, 0) is 29.8 Å². The van der Waals surface area contributed by atoms with Crippen LogP contribution in [0.5, 0.6) is 5.75 Å². The Morgan fingerprint density at radius 3 is 2.71 bits per heavy atom. The quantitative estimate of drug-likeness (QED) is 0.211. The molecule has 3 N–H and O–H groups in total. The zero-order chi connectivity index (χ0) is 28.9. The summed E-state index contributed by atoms with van der Waals surface area (Å²) in [5.41, 5.74) is 6.22. The van der Waals surface area contributed by atoms with Crippen LogP contribution in [-0.2, 0) is 11.3 Å². The van der Waals surface area contributed by atoms with E-state index < -0.39 is 0 Å². The number of nitrogens with one attached hydrogen (secondary N) is 3. The molecule has 1 aliphatic heterocycles. The number of aromatic amines is 1. The fourth-order valence-corrected chi connectivity index (χ4v) is 5.27. The Morgan fingerprint density at radius 2 is 1.93 bits per heavy atom. The van der Waals surface area contributed by atoms with Crippen LogP contribution in [0, 0.1) is 0 Å². The minimum absolute atomic E-state index is 0.286. The summed E-state index contributed by atoms with van der Waals surface area (Å²) in [5.74, 6) is 0.944. The van der Waals surface area contributed by atoms with Crippen LogP contribution < -0.4 is 20.3 Å². The second-order valence-electron chi connectivity index (χ2n) is 10.0. The number of fused-ring (bicyclic) bond motifs is 1. The van der Waals surface area contributed by atoms with Crippen LogP contribution in [0.1, 0.15) is 5.56 Å². The van der Waals surface area contributed by atoms with Crippen LogP contribution in [-0.4, -0.2) is 64.0 Å². The zero-order valence-corrected chi connectivity index (χ0v) is 23.4. The zero-order valence-electron chi connectivity index (χ0n) is 23.4. The molecule has 1 aliphatic rings. The van der Waals surface area contributed by atoms with Crippen molar-refractivity contribution in [3.8, 4) is 17.0 Å². The second-order valence-corrected chi connectivity index (χ2v) is 10.0. The van der Waals surface area contributed by atoms with Gasteiger partial charge in [0, 0.05) is 79.9 Å². The number of para-hydroxylation sites is 1. The van der Waals surface area contributed by atoms with Gasteiger partial charge in [0.15, 0.2) is 0 Å². The van der Waals surface area contributed by atoms with Gasteiger partial charge in [0.2, 0.25) is 5.91 Å². The molecule has 0 saturated carbocycles. The summed E-state index contributed by atoms with van der Waals surface area (Å²) in [6, 6.07) is 17.9. The number of H-pyrrole nitrogens is 1. The van der Waals surface area contributed by atoms with Crippen molar-refractivity contribution in [1.29, 1.82) is 0 Å². The van der Waals surface area contributed by atoms with Crippen LogP contribution in [0.3, 0.4) is 0 Å². The summed E-state index contributed by atoms with van der Waals surface area (Å²) in [6.45, 7) is 7.84. The van der Waals surface area contributed by atoms with Gasteiger partial charge >= 0.3 is 0 Å². The lowest BCUT2D eigenvalue weighted by atomic mass is 10.1. The van der Waals surface area contributed by atoms with Crippen molar-refractivity contribution in [1.82, 2.24) is 24.8 Å². The van der Waals surface area contributed by atoms with Gasteiger partial charge in [-0.25, -0.2) is 9.97 Å². The smallest absolute Gasteiger partial charge is 0.247 e. The highest BCUT2D eigenvalue weighted by atomic mass is 16.5. The minimum atomic E-state index is -0.286. The maximum atomic E-state index is 12.4. The maximum Gasteiger partial charge on any atom is 0.247 e. The number of carbonyl (C=O) groups is 1. The molecule has 1 saturated heterocycles. The Morgan fingerprint density at radius 1 is 1.07 bits per heavy atom. The number of rotatable bonds is 9. The molecule has 2 aromatic carbocycles. The normalized spacial score (nSPS) is 13.6. The molecule has 212 valence electrons. The van der Waals surface area contributed by atoms with Crippen LogP contribution in [0.15, 0.2) is 92.2 Å². The highest BCUT2D eigenvalue weighted by molar-refractivity contribution is 6.02. The Labute approximate surface area is 244 Å². The molecular weight excluding hydrogens is 528 g/mol. The first kappa shape index (κ1) is 27.0. The Kier molecular flexibility index (Phi) is 7.78. The first-order valence-electron chi connectivity index (χ1n) is 13.8. The molecule has 5 aromatic rings. The lowest BCUT2D eigenvalue weighted by Gasteiger charge is -2.37. The van der Waals surface area contributed by atoms with Crippen LogP contribution in [0.25, 0.3) is 22.2 Å². The van der Waals surface area contributed by atoms with Gasteiger partial charge in [-0.3, -0.25) is 14.7 Å². The van der Waals surface area contributed by atoms with Gasteiger partial charge in [0.05, 0.1) is 29.9 Å². The molecule has 10 nitrogen and oxygen atoms in total. The van der Waals surface area contributed by atoms with Gasteiger partial charge in [0.25, 0.3) is 0 Å². The Bertz CT molecular complexity index is 1710. The summed E-state index contributed by atoms with van der Waals surface area (Å²) in [7, 11) is 1.63. The van der Waals surface area contributed by atoms with Crippen molar-refractivity contribution < 1.29 is 9.53 Å². The van der Waals surface area contributed by atoms with E-state index in [0.29, 0.717) is 22.9 Å². The summed E-state index contributed by atoms with van der Waals surface area (Å²) >= 11 is 0. The molecular formula is C32H32N8O2. The number of hydrogen-bond acceptors (Lipinski definition) is 8. The Hall–Kier alpha value is -5.22. The number of hydrogen-bond donors (Lipinski definition) is 3. The predicted molar refractivity (Wildman–Crippen MR) is 166 cm³/mol. The topological polar surface area (TPSA) is 111 Å². The number of pyridine rings is 1. The summed E-state index contributed by atoms with van der Waals surface area (Å²) in [4.78, 5) is 33.6. The molecule has 3 aromatic heterocycles. The third-order valence-corrected chi connectivity index (χ3v) is 7.40. The molecule has 0 spiro atoms. The standard InChI is InChI=1S/C32H32N8O2/c1-3-32(41)38-27-15-28(37-31-16-26(35-21-36-31)24-19-34-25-9-5-4-8-23(24)25)30(42-2)17-29(27)40-13-11-39(12-14-40)20-22-7-6-10-33-18-22/h3-10,15-19,21,34H,1,11-14,20H2,2H3,(H,38,41)(H,35,36,37). The molecule has 0 unspecified atom stereocenters. The van der Waals surface area contributed by atoms with Gasteiger partial charge < -0.3 is 25.3 Å². The Balaban J connectivity index is 1.26. The molecule has 0 bridgehead atoms. The molecule has 4 heterocycles. The number of amides is 1. The summed E-state index contributed by atoms with van der Waals surface area (Å²) in [6.07, 6.45) is 8.45. The summed E-state index contributed by atoms with van der Waals surface area (Å²) in [5, 5.41) is 7.44. The number of benzene rings is 2. The maximum absolute atomic E-state index is 12.4. The minimum Gasteiger partial charge on any atom is -0.494 e. The molecule has 42 heavy (non-hydrogen) atoms. The van der Waals surface area contributed by atoms with Crippen molar-refractivity contribution in [3.05, 3.63) is 97.7 Å². The fraction of sp³-hybridized carbons (Fsp3) is 0.188. The van der Waals surface area contributed by atoms with E-state index in [2.05, 4.69) is 59.1 Å². The van der Waals surface area contributed by atoms with E-state index in [-0.39, 0.29) is 5.91 Å². The molecule has 6 rings (SSSR count). The van der Waals surface area contributed by atoms with Crippen LogP contribution >= 0.6 is 0 Å². The van der Waals surface area contributed by atoms with Gasteiger partial charge in [-0.2, -0.15) is 0 Å². The van der Waals surface area contributed by atoms with Crippen molar-refractivity contribution in [2.75, 3.05) is 48.8 Å². The van der Waals surface area contributed by atoms with E-state index in [1.807, 2.05) is 54.9 Å². The number of ether oxygens (including phenoxy) is 1. The van der Waals surface area contributed by atoms with Gasteiger partial charge in [-0.15, -0.1) is 0 Å². The van der Waals surface area contributed by atoms with E-state index >= 15 is 0 Å². The first-order chi connectivity index (χ1) is 20.6. The van der Waals surface area contributed by atoms with E-state index in [9.17, 15) is 4.79 Å². The summed E-state index contributed by atoms with van der Waals surface area (Å²) < 4.78 is 5.81. The number of aromatic nitrogens is 4. The fourth-order valence-electron chi connectivity index (χ4n) is 5.27. The van der Waals surface area contributed by atoms with Crippen molar-refractivity contribution >= 4 is 39.7 Å². The van der Waals surface area contributed by atoms with Crippen LogP contribution in [0.4, 0.5) is 22.9 Å². The molecule has 1 amide bonds. The molecule has 0 radical (unpaired) electrons. The van der Waals surface area contributed by atoms with E-state index in [1.54, 1.807) is 13.3 Å². The van der Waals surface area contributed by atoms with E-state index in [0.717, 1.165) is 60.6 Å². The third kappa shape index (κ3) is 5.79. The second kappa shape index (κ2) is 12.1. The predicted octanol–water partition coefficient (Wildman–Crippen LogP) is 5.22. The number of anilines is 4. The average molecular weight is 561 g/mol. The first-order valence-corrected chi connectivity index (χ1v) is 13.8. The van der Waals surface area contributed by atoms with E-state index in [4.69, 9.17) is 4.74 Å².